The first-order valence-corrected chi connectivity index (χ1v) is 7.75. The number of hydrogen-bond donors (Lipinski definition) is 1. The van der Waals surface area contributed by atoms with E-state index in [1.165, 1.54) is 6.92 Å². The number of carbonyl (C=O) groups is 2. The minimum Gasteiger partial charge on any atom is -0.457 e. The van der Waals surface area contributed by atoms with Gasteiger partial charge in [0.1, 0.15) is 6.61 Å². The highest BCUT2D eigenvalue weighted by Crippen LogP contribution is 2.14. The zero-order valence-electron chi connectivity index (χ0n) is 13.7. The van der Waals surface area contributed by atoms with Crippen LogP contribution in [0.3, 0.4) is 0 Å². The van der Waals surface area contributed by atoms with Crippen molar-refractivity contribution >= 4 is 17.6 Å². The van der Waals surface area contributed by atoms with Gasteiger partial charge in [-0.25, -0.2) is 9.48 Å². The predicted octanol–water partition coefficient (Wildman–Crippen LogP) is 3.19. The molecule has 6 heteroatoms. The lowest BCUT2D eigenvalue weighted by Crippen LogP contribution is -2.09. The first kappa shape index (κ1) is 16.4. The molecule has 0 spiro atoms. The van der Waals surface area contributed by atoms with E-state index in [1.54, 1.807) is 35.1 Å². The molecule has 25 heavy (non-hydrogen) atoms. The molecule has 0 fully saturated rings. The minimum absolute atomic E-state index is 0.169. The molecule has 1 heterocycles. The second-order valence-electron chi connectivity index (χ2n) is 5.46. The summed E-state index contributed by atoms with van der Waals surface area (Å²) in [5.41, 5.74) is 2.76. The maximum Gasteiger partial charge on any atom is 0.338 e. The zero-order valence-corrected chi connectivity index (χ0v) is 13.7. The number of aromatic nitrogens is 2. The molecule has 3 aromatic rings. The quantitative estimate of drug-likeness (QED) is 0.727. The van der Waals surface area contributed by atoms with Crippen molar-refractivity contribution in [2.45, 2.75) is 13.5 Å². The molecule has 0 unspecified atom stereocenters. The number of nitrogens with one attached hydrogen (secondary N) is 1. The number of ether oxygens (including phenoxy) is 1. The minimum atomic E-state index is -0.441. The molecule has 0 aliphatic rings. The molecule has 0 atom stereocenters. The molecule has 0 bridgehead atoms. The van der Waals surface area contributed by atoms with E-state index in [-0.39, 0.29) is 12.5 Å². The monoisotopic (exact) mass is 335 g/mol. The van der Waals surface area contributed by atoms with Gasteiger partial charge in [-0.1, -0.05) is 18.2 Å². The highest BCUT2D eigenvalue weighted by atomic mass is 16.5. The van der Waals surface area contributed by atoms with E-state index in [4.69, 9.17) is 4.74 Å². The van der Waals surface area contributed by atoms with E-state index in [9.17, 15) is 9.59 Å². The van der Waals surface area contributed by atoms with Crippen molar-refractivity contribution in [3.8, 4) is 5.69 Å². The van der Waals surface area contributed by atoms with Crippen LogP contribution in [0.5, 0.6) is 0 Å². The molecule has 0 aliphatic heterocycles. The van der Waals surface area contributed by atoms with Crippen LogP contribution in [0.25, 0.3) is 5.69 Å². The summed E-state index contributed by atoms with van der Waals surface area (Å²) in [4.78, 5) is 23.2. The molecule has 0 aliphatic carbocycles. The van der Waals surface area contributed by atoms with Crippen molar-refractivity contribution in [2.75, 3.05) is 5.32 Å². The fourth-order valence-corrected chi connectivity index (χ4v) is 2.33. The van der Waals surface area contributed by atoms with Crippen LogP contribution in [-0.4, -0.2) is 21.7 Å². The third-order valence-electron chi connectivity index (χ3n) is 3.49. The fraction of sp³-hybridized carbons (Fsp3) is 0.105. The molecule has 0 saturated heterocycles. The smallest absolute Gasteiger partial charge is 0.338 e. The number of rotatable bonds is 5. The summed E-state index contributed by atoms with van der Waals surface area (Å²) in [6, 6.07) is 16.1. The average Bonchev–Trinajstić information content (AvgIpc) is 3.14. The number of benzene rings is 2. The van der Waals surface area contributed by atoms with Crippen LogP contribution < -0.4 is 5.32 Å². The van der Waals surface area contributed by atoms with Crippen LogP contribution in [0.15, 0.2) is 67.0 Å². The van der Waals surface area contributed by atoms with Gasteiger partial charge < -0.3 is 10.1 Å². The van der Waals surface area contributed by atoms with Crippen molar-refractivity contribution in [3.63, 3.8) is 0 Å². The van der Waals surface area contributed by atoms with Gasteiger partial charge in [-0.2, -0.15) is 5.10 Å². The molecule has 1 aromatic heterocycles. The van der Waals surface area contributed by atoms with Crippen LogP contribution in [-0.2, 0) is 16.1 Å². The van der Waals surface area contributed by atoms with Crippen molar-refractivity contribution in [1.29, 1.82) is 0 Å². The van der Waals surface area contributed by atoms with Gasteiger partial charge in [-0.15, -0.1) is 0 Å². The van der Waals surface area contributed by atoms with Gasteiger partial charge in [0.25, 0.3) is 0 Å². The van der Waals surface area contributed by atoms with Crippen molar-refractivity contribution in [3.05, 3.63) is 78.1 Å². The highest BCUT2D eigenvalue weighted by Gasteiger charge is 2.09. The van der Waals surface area contributed by atoms with E-state index in [2.05, 4.69) is 10.4 Å². The van der Waals surface area contributed by atoms with Gasteiger partial charge in [0.15, 0.2) is 0 Å². The molecular weight excluding hydrogens is 318 g/mol. The Morgan fingerprint density at radius 1 is 1.12 bits per heavy atom. The third kappa shape index (κ3) is 4.32. The van der Waals surface area contributed by atoms with Crippen LogP contribution in [0, 0.1) is 0 Å². The third-order valence-corrected chi connectivity index (χ3v) is 3.49. The van der Waals surface area contributed by atoms with E-state index in [1.807, 2.05) is 36.5 Å². The standard InChI is InChI=1S/C19H17N3O3/c1-14(23)21-17-5-2-4-16(12-17)19(24)25-13-15-6-8-18(9-7-15)22-11-3-10-20-22/h2-12H,13H2,1H3,(H,21,23). The normalized spacial score (nSPS) is 10.3. The van der Waals surface area contributed by atoms with Crippen molar-refractivity contribution in [2.24, 2.45) is 0 Å². The number of amides is 1. The zero-order chi connectivity index (χ0) is 17.6. The fourth-order valence-electron chi connectivity index (χ4n) is 2.33. The molecule has 3 rings (SSSR count). The summed E-state index contributed by atoms with van der Waals surface area (Å²) in [6.07, 6.45) is 3.57. The summed E-state index contributed by atoms with van der Waals surface area (Å²) in [7, 11) is 0. The van der Waals surface area contributed by atoms with E-state index in [0.717, 1.165) is 11.3 Å². The lowest BCUT2D eigenvalue weighted by molar-refractivity contribution is -0.114. The lowest BCUT2D eigenvalue weighted by atomic mass is 10.2. The van der Waals surface area contributed by atoms with Crippen LogP contribution in [0.2, 0.25) is 0 Å². The van der Waals surface area contributed by atoms with Crippen LogP contribution in [0.1, 0.15) is 22.8 Å². The Hall–Kier alpha value is -3.41. The highest BCUT2D eigenvalue weighted by molar-refractivity contribution is 5.93. The molecule has 2 aromatic carbocycles. The van der Waals surface area contributed by atoms with Gasteiger partial charge in [0, 0.05) is 25.0 Å². The largest absolute Gasteiger partial charge is 0.457 e. The molecule has 1 N–H and O–H groups in total. The average molecular weight is 335 g/mol. The predicted molar refractivity (Wildman–Crippen MR) is 93.4 cm³/mol. The Morgan fingerprint density at radius 3 is 2.60 bits per heavy atom. The van der Waals surface area contributed by atoms with Crippen molar-refractivity contribution in [1.82, 2.24) is 9.78 Å². The molecular formula is C19H17N3O3. The topological polar surface area (TPSA) is 73.2 Å². The van der Waals surface area contributed by atoms with Gasteiger partial charge in [0.05, 0.1) is 11.3 Å². The summed E-state index contributed by atoms with van der Waals surface area (Å²) in [6.45, 7) is 1.58. The lowest BCUT2D eigenvalue weighted by Gasteiger charge is -2.08. The van der Waals surface area contributed by atoms with Crippen LogP contribution in [0.4, 0.5) is 5.69 Å². The molecule has 6 nitrogen and oxygen atoms in total. The SMILES string of the molecule is CC(=O)Nc1cccc(C(=O)OCc2ccc(-n3cccn3)cc2)c1. The maximum atomic E-state index is 12.2. The molecule has 0 saturated carbocycles. The van der Waals surface area contributed by atoms with Crippen LogP contribution >= 0.6 is 0 Å². The number of carbonyl (C=O) groups excluding carboxylic acids is 2. The summed E-state index contributed by atoms with van der Waals surface area (Å²) >= 11 is 0. The number of hydrogen-bond acceptors (Lipinski definition) is 4. The second-order valence-corrected chi connectivity index (χ2v) is 5.46. The summed E-state index contributed by atoms with van der Waals surface area (Å²) in [5, 5.41) is 6.80. The van der Waals surface area contributed by atoms with Gasteiger partial charge in [-0.05, 0) is 42.0 Å². The van der Waals surface area contributed by atoms with Gasteiger partial charge in [-0.3, -0.25) is 4.79 Å². The second kappa shape index (κ2) is 7.44. The summed E-state index contributed by atoms with van der Waals surface area (Å²) in [5.74, 6) is -0.633. The molecule has 0 radical (unpaired) electrons. The number of esters is 1. The van der Waals surface area contributed by atoms with E-state index >= 15 is 0 Å². The summed E-state index contributed by atoms with van der Waals surface area (Å²) < 4.78 is 7.08. The number of nitrogens with zero attached hydrogens (tertiary/aromatic N) is 2. The van der Waals surface area contributed by atoms with Gasteiger partial charge in [0.2, 0.25) is 5.91 Å². The Balaban J connectivity index is 1.61. The maximum absolute atomic E-state index is 12.2. The Labute approximate surface area is 145 Å². The Kier molecular flexibility index (Phi) is 4.89. The van der Waals surface area contributed by atoms with Gasteiger partial charge >= 0.3 is 5.97 Å². The Bertz CT molecular complexity index is 871. The Morgan fingerprint density at radius 2 is 1.92 bits per heavy atom. The van der Waals surface area contributed by atoms with Crippen molar-refractivity contribution < 1.29 is 14.3 Å². The van der Waals surface area contributed by atoms with E-state index < -0.39 is 5.97 Å². The first-order chi connectivity index (χ1) is 12.1. The first-order valence-electron chi connectivity index (χ1n) is 7.75. The number of anilines is 1. The molecule has 1 amide bonds. The molecule has 126 valence electrons. The van der Waals surface area contributed by atoms with E-state index in [0.29, 0.717) is 11.3 Å².